The van der Waals surface area contributed by atoms with Crippen molar-refractivity contribution in [1.29, 1.82) is 0 Å². The van der Waals surface area contributed by atoms with Gasteiger partial charge in [0.05, 0.1) is 5.92 Å². The lowest BCUT2D eigenvalue weighted by Crippen LogP contribution is -2.31. The molecule has 2 N–H and O–H groups in total. The van der Waals surface area contributed by atoms with Gasteiger partial charge in [0.15, 0.2) is 5.82 Å². The van der Waals surface area contributed by atoms with E-state index < -0.39 is 0 Å². The first-order chi connectivity index (χ1) is 9.74. The van der Waals surface area contributed by atoms with E-state index >= 15 is 0 Å². The average Bonchev–Trinajstić information content (AvgIpc) is 2.90. The Morgan fingerprint density at radius 2 is 2.05 bits per heavy atom. The zero-order chi connectivity index (χ0) is 13.9. The fourth-order valence-corrected chi connectivity index (χ4v) is 2.77. The highest BCUT2D eigenvalue weighted by atomic mass is 19.1. The summed E-state index contributed by atoms with van der Waals surface area (Å²) in [6.07, 6.45) is 4.63. The van der Waals surface area contributed by atoms with E-state index in [0.717, 1.165) is 25.7 Å². The van der Waals surface area contributed by atoms with Gasteiger partial charge in [0, 0.05) is 12.5 Å². The molecule has 1 aromatic heterocycles. The van der Waals surface area contributed by atoms with Crippen molar-refractivity contribution in [2.24, 2.45) is 5.73 Å². The van der Waals surface area contributed by atoms with Crippen LogP contribution in [0.15, 0.2) is 28.8 Å². The number of halogens is 1. The molecule has 0 spiro atoms. The van der Waals surface area contributed by atoms with Crippen LogP contribution in [0.25, 0.3) is 0 Å². The first-order valence-electron chi connectivity index (χ1n) is 7.05. The molecule has 3 rings (SSSR count). The van der Waals surface area contributed by atoms with Gasteiger partial charge in [-0.3, -0.25) is 0 Å². The zero-order valence-electron chi connectivity index (χ0n) is 11.3. The SMILES string of the molecule is NC1CCCCC1c1nc(Cc2ccccc2F)no1. The third-order valence-electron chi connectivity index (χ3n) is 3.93. The van der Waals surface area contributed by atoms with Crippen LogP contribution in [0.2, 0.25) is 0 Å². The van der Waals surface area contributed by atoms with Crippen LogP contribution in [0.5, 0.6) is 0 Å². The Kier molecular flexibility index (Phi) is 3.78. The molecule has 106 valence electrons. The fraction of sp³-hybridized carbons (Fsp3) is 0.467. The minimum atomic E-state index is -0.242. The van der Waals surface area contributed by atoms with E-state index in [9.17, 15) is 4.39 Å². The molecule has 1 aliphatic carbocycles. The predicted octanol–water partition coefficient (Wildman–Crippen LogP) is 2.78. The highest BCUT2D eigenvalue weighted by Crippen LogP contribution is 2.31. The van der Waals surface area contributed by atoms with E-state index in [-0.39, 0.29) is 17.8 Å². The lowest BCUT2D eigenvalue weighted by molar-refractivity contribution is 0.289. The molecule has 4 nitrogen and oxygen atoms in total. The smallest absolute Gasteiger partial charge is 0.231 e. The Morgan fingerprint density at radius 1 is 1.25 bits per heavy atom. The lowest BCUT2D eigenvalue weighted by Gasteiger charge is -2.25. The fourth-order valence-electron chi connectivity index (χ4n) is 2.77. The van der Waals surface area contributed by atoms with E-state index in [1.165, 1.54) is 6.07 Å². The van der Waals surface area contributed by atoms with Crippen LogP contribution in [0, 0.1) is 5.82 Å². The standard InChI is InChI=1S/C15H18FN3O/c16-12-7-3-1-5-10(12)9-14-18-15(20-19-14)11-6-2-4-8-13(11)17/h1,3,5,7,11,13H,2,4,6,8-9,17H2. The Morgan fingerprint density at radius 3 is 2.85 bits per heavy atom. The monoisotopic (exact) mass is 275 g/mol. The van der Waals surface area contributed by atoms with E-state index in [1.807, 2.05) is 0 Å². The maximum absolute atomic E-state index is 13.6. The molecule has 2 aromatic rings. The molecule has 5 heteroatoms. The second kappa shape index (κ2) is 5.71. The normalized spacial score (nSPS) is 22.9. The summed E-state index contributed by atoms with van der Waals surface area (Å²) in [5.41, 5.74) is 6.69. The van der Waals surface area contributed by atoms with E-state index in [1.54, 1.807) is 18.2 Å². The molecule has 0 bridgehead atoms. The summed E-state index contributed by atoms with van der Waals surface area (Å²) < 4.78 is 18.9. The molecule has 2 atom stereocenters. The number of hydrogen-bond acceptors (Lipinski definition) is 4. The van der Waals surface area contributed by atoms with Gasteiger partial charge in [-0.1, -0.05) is 36.2 Å². The van der Waals surface area contributed by atoms with Crippen LogP contribution < -0.4 is 5.73 Å². The summed E-state index contributed by atoms with van der Waals surface area (Å²) in [7, 11) is 0. The van der Waals surface area contributed by atoms with Crippen LogP contribution in [-0.4, -0.2) is 16.2 Å². The summed E-state index contributed by atoms with van der Waals surface area (Å²) >= 11 is 0. The van der Waals surface area contributed by atoms with Crippen molar-refractivity contribution in [3.63, 3.8) is 0 Å². The highest BCUT2D eigenvalue weighted by molar-refractivity contribution is 5.20. The average molecular weight is 275 g/mol. The molecule has 1 aromatic carbocycles. The van der Waals surface area contributed by atoms with Crippen molar-refractivity contribution in [3.05, 3.63) is 47.4 Å². The Balaban J connectivity index is 1.75. The molecule has 0 aliphatic heterocycles. The van der Waals surface area contributed by atoms with Crippen LogP contribution in [0.1, 0.15) is 48.9 Å². The molecule has 1 aliphatic rings. The van der Waals surface area contributed by atoms with Crippen molar-refractivity contribution in [1.82, 2.24) is 10.1 Å². The second-order valence-corrected chi connectivity index (χ2v) is 5.37. The predicted molar refractivity (Wildman–Crippen MR) is 72.7 cm³/mol. The lowest BCUT2D eigenvalue weighted by atomic mass is 9.85. The molecule has 1 fully saturated rings. The molecular weight excluding hydrogens is 257 g/mol. The Hall–Kier alpha value is -1.75. The number of benzene rings is 1. The van der Waals surface area contributed by atoms with Crippen molar-refractivity contribution < 1.29 is 8.91 Å². The van der Waals surface area contributed by atoms with Crippen LogP contribution >= 0.6 is 0 Å². The van der Waals surface area contributed by atoms with Gasteiger partial charge in [-0.05, 0) is 24.5 Å². The van der Waals surface area contributed by atoms with E-state index in [0.29, 0.717) is 23.7 Å². The first kappa shape index (κ1) is 13.2. The maximum atomic E-state index is 13.6. The van der Waals surface area contributed by atoms with Crippen molar-refractivity contribution >= 4 is 0 Å². The first-order valence-corrected chi connectivity index (χ1v) is 7.05. The van der Waals surface area contributed by atoms with E-state index in [2.05, 4.69) is 10.1 Å². The third kappa shape index (κ3) is 2.72. The summed E-state index contributed by atoms with van der Waals surface area (Å²) in [4.78, 5) is 4.40. The van der Waals surface area contributed by atoms with E-state index in [4.69, 9.17) is 10.3 Å². The summed E-state index contributed by atoms with van der Waals surface area (Å²) in [5.74, 6) is 1.02. The number of nitrogens with two attached hydrogens (primary N) is 1. The van der Waals surface area contributed by atoms with Gasteiger partial charge in [-0.15, -0.1) is 0 Å². The second-order valence-electron chi connectivity index (χ2n) is 5.37. The quantitative estimate of drug-likeness (QED) is 0.935. The van der Waals surface area contributed by atoms with Gasteiger partial charge >= 0.3 is 0 Å². The summed E-state index contributed by atoms with van der Waals surface area (Å²) in [6, 6.07) is 6.73. The van der Waals surface area contributed by atoms with Crippen LogP contribution in [0.3, 0.4) is 0 Å². The zero-order valence-corrected chi connectivity index (χ0v) is 11.3. The minimum absolute atomic E-state index is 0.0884. The van der Waals surface area contributed by atoms with Crippen LogP contribution in [-0.2, 0) is 6.42 Å². The highest BCUT2D eigenvalue weighted by Gasteiger charge is 2.28. The van der Waals surface area contributed by atoms with Crippen LogP contribution in [0.4, 0.5) is 4.39 Å². The molecule has 0 radical (unpaired) electrons. The van der Waals surface area contributed by atoms with Crippen molar-refractivity contribution in [2.75, 3.05) is 0 Å². The molecule has 20 heavy (non-hydrogen) atoms. The largest absolute Gasteiger partial charge is 0.339 e. The van der Waals surface area contributed by atoms with Crippen molar-refractivity contribution in [3.8, 4) is 0 Å². The maximum Gasteiger partial charge on any atom is 0.231 e. The number of nitrogens with zero attached hydrogens (tertiary/aromatic N) is 2. The molecular formula is C15H18FN3O. The van der Waals surface area contributed by atoms with Gasteiger partial charge < -0.3 is 10.3 Å². The van der Waals surface area contributed by atoms with Gasteiger partial charge in [0.1, 0.15) is 5.82 Å². The van der Waals surface area contributed by atoms with Gasteiger partial charge in [-0.25, -0.2) is 4.39 Å². The molecule has 0 amide bonds. The molecule has 2 unspecified atom stereocenters. The van der Waals surface area contributed by atoms with Crippen molar-refractivity contribution in [2.45, 2.75) is 44.1 Å². The third-order valence-corrected chi connectivity index (χ3v) is 3.93. The molecule has 0 saturated heterocycles. The summed E-state index contributed by atoms with van der Waals surface area (Å²) in [5, 5.41) is 3.95. The van der Waals surface area contributed by atoms with Gasteiger partial charge in [-0.2, -0.15) is 4.98 Å². The van der Waals surface area contributed by atoms with Gasteiger partial charge in [0.25, 0.3) is 0 Å². The molecule has 1 saturated carbocycles. The number of aromatic nitrogens is 2. The summed E-state index contributed by atoms with van der Waals surface area (Å²) in [6.45, 7) is 0. The number of rotatable bonds is 3. The Bertz CT molecular complexity index is 584. The van der Waals surface area contributed by atoms with Gasteiger partial charge in [0.2, 0.25) is 5.89 Å². The minimum Gasteiger partial charge on any atom is -0.339 e. The Labute approximate surface area is 117 Å². The molecule has 1 heterocycles. The topological polar surface area (TPSA) is 64.9 Å². The number of hydrogen-bond donors (Lipinski definition) is 1.